The largest absolute Gasteiger partial charge is 0.508 e. The second-order valence-electron chi connectivity index (χ2n) is 4.06. The first-order valence-corrected chi connectivity index (χ1v) is 5.96. The minimum atomic E-state index is 0.0361. The lowest BCUT2D eigenvalue weighted by Crippen LogP contribution is -2.23. The van der Waals surface area contributed by atoms with Crippen LogP contribution in [0.3, 0.4) is 0 Å². The highest BCUT2D eigenvalue weighted by atomic mass is 16.5. The Kier molecular flexibility index (Phi) is 6.49. The highest BCUT2D eigenvalue weighted by Gasteiger charge is 2.07. The molecule has 0 spiro atoms. The van der Waals surface area contributed by atoms with Gasteiger partial charge in [-0.25, -0.2) is 0 Å². The van der Waals surface area contributed by atoms with Gasteiger partial charge in [-0.1, -0.05) is 0 Å². The van der Waals surface area contributed by atoms with Crippen molar-refractivity contribution >= 4 is 0 Å². The van der Waals surface area contributed by atoms with E-state index in [1.165, 1.54) is 6.07 Å². The molecule has 0 aliphatic heterocycles. The van der Waals surface area contributed by atoms with Crippen LogP contribution in [0.5, 0.6) is 11.5 Å². The summed E-state index contributed by atoms with van der Waals surface area (Å²) < 4.78 is 10.2. The number of benzene rings is 1. The van der Waals surface area contributed by atoms with Crippen molar-refractivity contribution in [1.29, 1.82) is 0 Å². The number of hydrogen-bond donors (Lipinski definition) is 3. The lowest BCUT2D eigenvalue weighted by Gasteiger charge is -2.15. The molecule has 0 saturated heterocycles. The van der Waals surface area contributed by atoms with Gasteiger partial charge in [0.05, 0.1) is 19.8 Å². The summed E-state index contributed by atoms with van der Waals surface area (Å²) >= 11 is 0. The number of methoxy groups -OCH3 is 1. The van der Waals surface area contributed by atoms with Crippen LogP contribution in [-0.4, -0.2) is 43.7 Å². The fourth-order valence-corrected chi connectivity index (χ4v) is 1.58. The molecule has 1 aromatic rings. The topological polar surface area (TPSA) is 71.0 Å². The number of rotatable bonds is 8. The normalized spacial score (nSPS) is 12.6. The smallest absolute Gasteiger partial charge is 0.119 e. The first kappa shape index (κ1) is 14.8. The predicted octanol–water partition coefficient (Wildman–Crippen LogP) is 1.41. The van der Waals surface area contributed by atoms with Gasteiger partial charge >= 0.3 is 0 Å². The molecule has 0 heterocycles. The average Bonchev–Trinajstić information content (AvgIpc) is 2.32. The summed E-state index contributed by atoms with van der Waals surface area (Å²) in [7, 11) is 1.64. The van der Waals surface area contributed by atoms with Crippen LogP contribution in [0.1, 0.15) is 18.5 Å². The molecule has 0 bridgehead atoms. The van der Waals surface area contributed by atoms with Crippen LogP contribution < -0.4 is 5.32 Å². The monoisotopic (exact) mass is 255 g/mol. The maximum Gasteiger partial charge on any atom is 0.119 e. The minimum absolute atomic E-state index is 0.0361. The van der Waals surface area contributed by atoms with E-state index in [-0.39, 0.29) is 17.5 Å². The number of phenols is 2. The Morgan fingerprint density at radius 3 is 2.39 bits per heavy atom. The summed E-state index contributed by atoms with van der Waals surface area (Å²) in [4.78, 5) is 0. The summed E-state index contributed by atoms with van der Waals surface area (Å²) in [6.45, 7) is 4.43. The van der Waals surface area contributed by atoms with Crippen LogP contribution in [0, 0.1) is 0 Å². The van der Waals surface area contributed by atoms with E-state index in [1.54, 1.807) is 19.2 Å². The fraction of sp³-hybridized carbons (Fsp3) is 0.538. The first-order chi connectivity index (χ1) is 8.63. The fourth-order valence-electron chi connectivity index (χ4n) is 1.58. The number of ether oxygens (including phenoxy) is 2. The number of hydrogen-bond acceptors (Lipinski definition) is 5. The van der Waals surface area contributed by atoms with Crippen LogP contribution in [-0.2, 0) is 9.47 Å². The zero-order chi connectivity index (χ0) is 13.4. The van der Waals surface area contributed by atoms with E-state index in [4.69, 9.17) is 9.47 Å². The Labute approximate surface area is 107 Å². The second kappa shape index (κ2) is 7.92. The summed E-state index contributed by atoms with van der Waals surface area (Å²) in [5.74, 6) is 0.130. The Hall–Kier alpha value is -1.30. The van der Waals surface area contributed by atoms with Crippen LogP contribution in [0.15, 0.2) is 18.2 Å². The molecule has 3 N–H and O–H groups in total. The molecule has 1 rings (SSSR count). The van der Waals surface area contributed by atoms with Crippen molar-refractivity contribution in [2.75, 3.05) is 33.5 Å². The first-order valence-electron chi connectivity index (χ1n) is 5.96. The van der Waals surface area contributed by atoms with E-state index in [0.717, 1.165) is 5.56 Å². The van der Waals surface area contributed by atoms with Crippen molar-refractivity contribution in [3.05, 3.63) is 23.8 Å². The molecule has 0 amide bonds. The van der Waals surface area contributed by atoms with E-state index < -0.39 is 0 Å². The van der Waals surface area contributed by atoms with Crippen molar-refractivity contribution in [1.82, 2.24) is 5.32 Å². The van der Waals surface area contributed by atoms with Crippen LogP contribution in [0.25, 0.3) is 0 Å². The van der Waals surface area contributed by atoms with E-state index in [0.29, 0.717) is 26.4 Å². The van der Waals surface area contributed by atoms with Crippen molar-refractivity contribution in [2.45, 2.75) is 13.0 Å². The van der Waals surface area contributed by atoms with Crippen LogP contribution >= 0.6 is 0 Å². The van der Waals surface area contributed by atoms with Gasteiger partial charge in [0.25, 0.3) is 0 Å². The standard InChI is InChI=1S/C13H21NO4/c1-10(14-3-4-18-6-5-17-2)11-7-12(15)9-13(16)8-11/h7-10,14-16H,3-6H2,1-2H3. The molecule has 0 aliphatic carbocycles. The molecule has 0 fully saturated rings. The van der Waals surface area contributed by atoms with Crippen LogP contribution in [0.4, 0.5) is 0 Å². The predicted molar refractivity (Wildman–Crippen MR) is 68.9 cm³/mol. The maximum absolute atomic E-state index is 9.39. The molecule has 5 heteroatoms. The van der Waals surface area contributed by atoms with Gasteiger partial charge < -0.3 is 25.0 Å². The van der Waals surface area contributed by atoms with Gasteiger partial charge in [-0.3, -0.25) is 0 Å². The molecule has 1 aromatic carbocycles. The number of phenolic OH excluding ortho intramolecular Hbond substituents is 2. The Morgan fingerprint density at radius 2 is 1.78 bits per heavy atom. The van der Waals surface area contributed by atoms with Crippen LogP contribution in [0.2, 0.25) is 0 Å². The van der Waals surface area contributed by atoms with E-state index in [2.05, 4.69) is 5.32 Å². The van der Waals surface area contributed by atoms with Gasteiger partial charge in [-0.15, -0.1) is 0 Å². The molecule has 102 valence electrons. The second-order valence-corrected chi connectivity index (χ2v) is 4.06. The summed E-state index contributed by atoms with van der Waals surface area (Å²) in [5.41, 5.74) is 0.837. The van der Waals surface area contributed by atoms with Gasteiger partial charge in [0.1, 0.15) is 11.5 Å². The third-order valence-electron chi connectivity index (χ3n) is 2.55. The highest BCUT2D eigenvalue weighted by Crippen LogP contribution is 2.24. The molecule has 0 aliphatic rings. The third kappa shape index (κ3) is 5.35. The number of aromatic hydroxyl groups is 2. The lowest BCUT2D eigenvalue weighted by molar-refractivity contribution is 0.0712. The molecule has 0 aromatic heterocycles. The van der Waals surface area contributed by atoms with Crippen molar-refractivity contribution in [3.8, 4) is 11.5 Å². The average molecular weight is 255 g/mol. The van der Waals surface area contributed by atoms with Gasteiger partial charge in [0, 0.05) is 25.8 Å². The zero-order valence-corrected chi connectivity index (χ0v) is 10.8. The zero-order valence-electron chi connectivity index (χ0n) is 10.8. The Morgan fingerprint density at radius 1 is 1.11 bits per heavy atom. The third-order valence-corrected chi connectivity index (χ3v) is 2.55. The lowest BCUT2D eigenvalue weighted by atomic mass is 10.1. The Bertz CT molecular complexity index is 337. The molecule has 1 unspecified atom stereocenters. The van der Waals surface area contributed by atoms with Crippen molar-refractivity contribution in [2.24, 2.45) is 0 Å². The summed E-state index contributed by atoms with van der Waals surface area (Å²) in [6, 6.07) is 4.60. The van der Waals surface area contributed by atoms with E-state index >= 15 is 0 Å². The summed E-state index contributed by atoms with van der Waals surface area (Å²) in [5, 5.41) is 22.0. The minimum Gasteiger partial charge on any atom is -0.508 e. The molecule has 0 radical (unpaired) electrons. The highest BCUT2D eigenvalue weighted by molar-refractivity contribution is 5.37. The quantitative estimate of drug-likeness (QED) is 0.613. The molecule has 5 nitrogen and oxygen atoms in total. The van der Waals surface area contributed by atoms with E-state index in [1.807, 2.05) is 6.92 Å². The van der Waals surface area contributed by atoms with Crippen molar-refractivity contribution in [3.63, 3.8) is 0 Å². The van der Waals surface area contributed by atoms with Crippen molar-refractivity contribution < 1.29 is 19.7 Å². The van der Waals surface area contributed by atoms with Gasteiger partial charge in [-0.2, -0.15) is 0 Å². The van der Waals surface area contributed by atoms with Gasteiger partial charge in [0.2, 0.25) is 0 Å². The van der Waals surface area contributed by atoms with Gasteiger partial charge in [-0.05, 0) is 24.6 Å². The van der Waals surface area contributed by atoms with E-state index in [9.17, 15) is 10.2 Å². The molecule has 18 heavy (non-hydrogen) atoms. The Balaban J connectivity index is 2.29. The molecular formula is C13H21NO4. The summed E-state index contributed by atoms with van der Waals surface area (Å²) in [6.07, 6.45) is 0. The molecular weight excluding hydrogens is 234 g/mol. The van der Waals surface area contributed by atoms with Gasteiger partial charge in [0.15, 0.2) is 0 Å². The SMILES string of the molecule is COCCOCCNC(C)c1cc(O)cc(O)c1. The molecule has 0 saturated carbocycles. The molecule has 1 atom stereocenters. The maximum atomic E-state index is 9.39. The number of nitrogens with one attached hydrogen (secondary N) is 1.